The average molecular weight is 378 g/mol. The van der Waals surface area contributed by atoms with Gasteiger partial charge in [0, 0.05) is 32.0 Å². The molecule has 7 nitrogen and oxygen atoms in total. The van der Waals surface area contributed by atoms with Crippen molar-refractivity contribution in [2.24, 2.45) is 5.92 Å². The third kappa shape index (κ3) is 4.68. The highest BCUT2D eigenvalue weighted by atomic mass is 35.5. The Labute approximate surface area is 157 Å². The van der Waals surface area contributed by atoms with Crippen LogP contribution in [0.25, 0.3) is 0 Å². The third-order valence-electron chi connectivity index (χ3n) is 4.86. The van der Waals surface area contributed by atoms with Crippen molar-refractivity contribution in [2.45, 2.75) is 19.4 Å². The lowest BCUT2D eigenvalue weighted by atomic mass is 9.96. The molecule has 2 aromatic heterocycles. The number of likely N-dealkylation sites (tertiary alicyclic amines) is 1. The van der Waals surface area contributed by atoms with Crippen LogP contribution in [0.5, 0.6) is 0 Å². The summed E-state index contributed by atoms with van der Waals surface area (Å²) in [5.74, 6) is 0.0776. The third-order valence-corrected chi connectivity index (χ3v) is 5.18. The maximum atomic E-state index is 12.2. The van der Waals surface area contributed by atoms with Gasteiger partial charge in [0.1, 0.15) is 11.4 Å². The number of nitrogen functional groups attached to an aromatic ring is 1. The number of aromatic nitrogens is 2. The van der Waals surface area contributed by atoms with Gasteiger partial charge >= 0.3 is 0 Å². The molecule has 4 N–H and O–H groups in total. The Morgan fingerprint density at radius 1 is 1.27 bits per heavy atom. The van der Waals surface area contributed by atoms with E-state index in [1.165, 1.54) is 6.07 Å². The normalized spacial score (nSPS) is 15.9. The summed E-state index contributed by atoms with van der Waals surface area (Å²) in [5, 5.41) is 3.02. The minimum Gasteiger partial charge on any atom is -0.384 e. The minimum absolute atomic E-state index is 0.00615. The Bertz CT molecular complexity index is 794. The van der Waals surface area contributed by atoms with E-state index in [2.05, 4.69) is 32.2 Å². The molecule has 0 radical (unpaired) electrons. The Morgan fingerprint density at radius 2 is 1.96 bits per heavy atom. The summed E-state index contributed by atoms with van der Waals surface area (Å²) in [7, 11) is 0. The first-order valence-electron chi connectivity index (χ1n) is 8.82. The lowest BCUT2D eigenvalue weighted by molar-refractivity contribution is 0.0934. The molecule has 26 heavy (non-hydrogen) atoms. The fourth-order valence-corrected chi connectivity index (χ4v) is 3.37. The quantitative estimate of drug-likeness (QED) is 0.711. The van der Waals surface area contributed by atoms with Crippen LogP contribution in [0.15, 0.2) is 35.4 Å². The number of hydrogen-bond donors (Lipinski definition) is 3. The molecule has 0 aromatic carbocycles. The number of nitrogens with two attached hydrogens (primary N) is 1. The molecule has 0 spiro atoms. The molecule has 0 aliphatic carbocycles. The molecule has 2 aromatic rings. The van der Waals surface area contributed by atoms with Gasteiger partial charge in [-0.15, -0.1) is 0 Å². The molecule has 0 unspecified atom stereocenters. The Hall–Kier alpha value is -2.25. The van der Waals surface area contributed by atoms with E-state index in [0.717, 1.165) is 39.0 Å². The van der Waals surface area contributed by atoms with Crippen LogP contribution in [0.3, 0.4) is 0 Å². The average Bonchev–Trinajstić information content (AvgIpc) is 3.15. The number of carbonyl (C=O) groups is 1. The molecule has 8 heteroatoms. The van der Waals surface area contributed by atoms with Gasteiger partial charge in [-0.3, -0.25) is 9.59 Å². The fraction of sp³-hybridized carbons (Fsp3) is 0.444. The van der Waals surface area contributed by atoms with Crippen molar-refractivity contribution in [3.05, 3.63) is 51.5 Å². The minimum atomic E-state index is -0.524. The zero-order valence-electron chi connectivity index (χ0n) is 14.6. The molecule has 1 aliphatic heterocycles. The molecule has 1 aliphatic rings. The van der Waals surface area contributed by atoms with Gasteiger partial charge in [0.2, 0.25) is 0 Å². The first kappa shape index (κ1) is 18.5. The second kappa shape index (κ2) is 8.42. The van der Waals surface area contributed by atoms with Crippen LogP contribution in [0.1, 0.15) is 23.2 Å². The topological polar surface area (TPSA) is 96.2 Å². The maximum absolute atomic E-state index is 12.2. The van der Waals surface area contributed by atoms with E-state index in [1.807, 2.05) is 12.1 Å². The largest absolute Gasteiger partial charge is 0.384 e. The highest BCUT2D eigenvalue weighted by Gasteiger charge is 2.20. The second-order valence-electron chi connectivity index (χ2n) is 6.69. The van der Waals surface area contributed by atoms with Crippen LogP contribution in [0.2, 0.25) is 5.02 Å². The van der Waals surface area contributed by atoms with Crippen molar-refractivity contribution in [3.8, 4) is 0 Å². The van der Waals surface area contributed by atoms with Crippen LogP contribution < -0.4 is 16.6 Å². The van der Waals surface area contributed by atoms with E-state index < -0.39 is 11.5 Å². The van der Waals surface area contributed by atoms with Gasteiger partial charge in [0.25, 0.3) is 11.5 Å². The van der Waals surface area contributed by atoms with Gasteiger partial charge in [0.05, 0.1) is 5.02 Å². The molecule has 1 fully saturated rings. The molecule has 0 bridgehead atoms. The number of nitrogens with zero attached hydrogens (tertiary/aromatic N) is 2. The van der Waals surface area contributed by atoms with Gasteiger partial charge in [-0.25, -0.2) is 0 Å². The second-order valence-corrected chi connectivity index (χ2v) is 7.10. The number of pyridine rings is 1. The van der Waals surface area contributed by atoms with E-state index in [-0.39, 0.29) is 16.4 Å². The number of hydrogen-bond acceptors (Lipinski definition) is 4. The number of nitrogens with one attached hydrogen (secondary N) is 2. The smallest absolute Gasteiger partial charge is 0.262 e. The Kier molecular flexibility index (Phi) is 6.00. The van der Waals surface area contributed by atoms with Crippen molar-refractivity contribution >= 4 is 23.3 Å². The summed E-state index contributed by atoms with van der Waals surface area (Å²) in [5.41, 5.74) is 4.99. The standard InChI is InChI=1S/C18H24ClN5O2/c19-15-11-14(18(26)22-16(15)20)17(25)21-12-13-3-7-24(8-4-13)10-9-23-5-1-2-6-23/h1-2,5-6,11,13H,3-4,7-10,12H2,(H,21,25)(H3,20,22,26). The molecule has 1 saturated heterocycles. The Morgan fingerprint density at radius 3 is 2.65 bits per heavy atom. The molecule has 140 valence electrons. The monoisotopic (exact) mass is 377 g/mol. The summed E-state index contributed by atoms with van der Waals surface area (Å²) in [6.07, 6.45) is 6.22. The molecule has 3 heterocycles. The van der Waals surface area contributed by atoms with Crippen molar-refractivity contribution in [3.63, 3.8) is 0 Å². The number of aromatic amines is 1. The summed E-state index contributed by atoms with van der Waals surface area (Å²) in [6, 6.07) is 5.39. The maximum Gasteiger partial charge on any atom is 0.262 e. The predicted octanol–water partition coefficient (Wildman–Crippen LogP) is 1.55. The van der Waals surface area contributed by atoms with E-state index in [4.69, 9.17) is 17.3 Å². The van der Waals surface area contributed by atoms with Crippen molar-refractivity contribution in [1.29, 1.82) is 0 Å². The molecular weight excluding hydrogens is 354 g/mol. The van der Waals surface area contributed by atoms with E-state index >= 15 is 0 Å². The number of rotatable bonds is 6. The zero-order chi connectivity index (χ0) is 18.5. The first-order valence-corrected chi connectivity index (χ1v) is 9.20. The number of halogens is 1. The summed E-state index contributed by atoms with van der Waals surface area (Å²) >= 11 is 5.88. The molecular formula is C18H24ClN5O2. The first-order chi connectivity index (χ1) is 12.5. The van der Waals surface area contributed by atoms with Crippen LogP contribution in [0, 0.1) is 5.92 Å². The molecule has 3 rings (SSSR count). The lowest BCUT2D eigenvalue weighted by Gasteiger charge is -2.32. The number of anilines is 1. The van der Waals surface area contributed by atoms with Crippen molar-refractivity contribution in [2.75, 3.05) is 31.9 Å². The van der Waals surface area contributed by atoms with Gasteiger partial charge < -0.3 is 25.5 Å². The predicted molar refractivity (Wildman–Crippen MR) is 102 cm³/mol. The van der Waals surface area contributed by atoms with Gasteiger partial charge in [-0.05, 0) is 50.0 Å². The Balaban J connectivity index is 1.43. The van der Waals surface area contributed by atoms with Crippen molar-refractivity contribution in [1.82, 2.24) is 19.8 Å². The SMILES string of the molecule is Nc1[nH]c(=O)c(C(=O)NCC2CCN(CCn3cccc3)CC2)cc1Cl. The number of amides is 1. The van der Waals surface area contributed by atoms with Gasteiger partial charge in [-0.1, -0.05) is 11.6 Å². The number of piperidine rings is 1. The van der Waals surface area contributed by atoms with Crippen LogP contribution in [0.4, 0.5) is 5.82 Å². The fourth-order valence-electron chi connectivity index (χ4n) is 3.21. The number of H-pyrrole nitrogens is 1. The molecule has 1 amide bonds. The van der Waals surface area contributed by atoms with Gasteiger partial charge in [0.15, 0.2) is 0 Å². The van der Waals surface area contributed by atoms with Crippen LogP contribution >= 0.6 is 11.6 Å². The van der Waals surface area contributed by atoms with Crippen LogP contribution in [-0.2, 0) is 6.54 Å². The van der Waals surface area contributed by atoms with Crippen LogP contribution in [-0.4, -0.2) is 46.5 Å². The summed E-state index contributed by atoms with van der Waals surface area (Å²) in [6.45, 7) is 4.64. The van der Waals surface area contributed by atoms with E-state index in [0.29, 0.717) is 12.5 Å². The van der Waals surface area contributed by atoms with E-state index in [1.54, 1.807) is 0 Å². The highest BCUT2D eigenvalue weighted by molar-refractivity contribution is 6.33. The highest BCUT2D eigenvalue weighted by Crippen LogP contribution is 2.17. The summed E-state index contributed by atoms with van der Waals surface area (Å²) in [4.78, 5) is 28.9. The lowest BCUT2D eigenvalue weighted by Crippen LogP contribution is -2.40. The van der Waals surface area contributed by atoms with Gasteiger partial charge in [-0.2, -0.15) is 0 Å². The van der Waals surface area contributed by atoms with E-state index in [9.17, 15) is 9.59 Å². The molecule has 0 atom stereocenters. The van der Waals surface area contributed by atoms with Crippen molar-refractivity contribution < 1.29 is 4.79 Å². The molecule has 0 saturated carbocycles. The summed E-state index contributed by atoms with van der Waals surface area (Å²) < 4.78 is 2.18. The zero-order valence-corrected chi connectivity index (χ0v) is 15.3. The number of carbonyl (C=O) groups excluding carboxylic acids is 1.